The summed E-state index contributed by atoms with van der Waals surface area (Å²) < 4.78 is 20.4. The molecule has 0 aliphatic rings. The summed E-state index contributed by atoms with van der Waals surface area (Å²) in [6.45, 7) is 3.49. The minimum atomic E-state index is -0.569. The second-order valence-electron chi connectivity index (χ2n) is 5.47. The van der Waals surface area contributed by atoms with Crippen molar-refractivity contribution in [3.63, 3.8) is 0 Å². The fourth-order valence-electron chi connectivity index (χ4n) is 2.49. The monoisotopic (exact) mass is 470 g/mol. The molecule has 1 N–H and O–H groups in total. The highest BCUT2D eigenvalue weighted by Gasteiger charge is 2.25. The summed E-state index contributed by atoms with van der Waals surface area (Å²) in [6, 6.07) is 9.94. The number of aromatic nitrogens is 1. The number of nitrogens with zero attached hydrogens (tertiary/aromatic N) is 1. The van der Waals surface area contributed by atoms with E-state index in [1.165, 1.54) is 18.2 Å². The Morgan fingerprint density at radius 1 is 1.28 bits per heavy atom. The highest BCUT2D eigenvalue weighted by Crippen LogP contribution is 2.34. The number of benzene rings is 2. The van der Waals surface area contributed by atoms with Gasteiger partial charge in [0.05, 0.1) is 10.6 Å². The van der Waals surface area contributed by atoms with E-state index in [9.17, 15) is 9.18 Å². The quantitative estimate of drug-likeness (QED) is 0.507. The van der Waals surface area contributed by atoms with Crippen molar-refractivity contribution < 1.29 is 13.7 Å². The fourth-order valence-corrected chi connectivity index (χ4v) is 3.39. The molecule has 0 spiro atoms. The Balaban J connectivity index is 2.03. The average Bonchev–Trinajstić information content (AvgIpc) is 2.91. The number of nitrogens with one attached hydrogen (secondary N) is 1. The van der Waals surface area contributed by atoms with E-state index in [4.69, 9.17) is 16.1 Å². The molecule has 1 aromatic heterocycles. The van der Waals surface area contributed by atoms with Crippen molar-refractivity contribution in [1.29, 1.82) is 0 Å². The Bertz CT molecular complexity index is 951. The third kappa shape index (κ3) is 3.55. The molecular weight excluding hydrogens is 458 g/mol. The highest BCUT2D eigenvalue weighted by atomic mass is 127. The van der Waals surface area contributed by atoms with E-state index in [0.29, 0.717) is 5.69 Å². The van der Waals surface area contributed by atoms with Crippen LogP contribution >= 0.6 is 34.2 Å². The normalized spacial score (nSPS) is 10.8. The van der Waals surface area contributed by atoms with E-state index in [2.05, 4.69) is 33.1 Å². The van der Waals surface area contributed by atoms with Gasteiger partial charge in [0.15, 0.2) is 0 Å². The molecule has 0 aliphatic carbocycles. The number of halogens is 3. The second-order valence-corrected chi connectivity index (χ2v) is 7.13. The third-order valence-corrected chi connectivity index (χ3v) is 4.71. The van der Waals surface area contributed by atoms with E-state index in [0.717, 1.165) is 9.13 Å². The molecule has 25 heavy (non-hydrogen) atoms. The molecule has 0 saturated carbocycles. The molecule has 2 aromatic carbocycles. The summed E-state index contributed by atoms with van der Waals surface area (Å²) in [6.07, 6.45) is 0. The first kappa shape index (κ1) is 17.9. The number of carbonyl (C=O) groups is 1. The van der Waals surface area contributed by atoms with Gasteiger partial charge in [0, 0.05) is 9.26 Å². The lowest BCUT2D eigenvalue weighted by molar-refractivity contribution is 0.102. The number of carbonyl (C=O) groups excluding carboxylic acids is 1. The van der Waals surface area contributed by atoms with Crippen molar-refractivity contribution in [2.45, 2.75) is 13.8 Å². The van der Waals surface area contributed by atoms with Crippen LogP contribution in [-0.4, -0.2) is 11.1 Å². The first-order valence-corrected chi connectivity index (χ1v) is 8.82. The van der Waals surface area contributed by atoms with Crippen LogP contribution in [-0.2, 0) is 0 Å². The van der Waals surface area contributed by atoms with Crippen molar-refractivity contribution in [3.8, 4) is 11.3 Å². The number of aryl methyl sites for hydroxylation is 2. The van der Waals surface area contributed by atoms with Crippen LogP contribution in [0.2, 0.25) is 5.02 Å². The predicted molar refractivity (Wildman–Crippen MR) is 103 cm³/mol. The zero-order chi connectivity index (χ0) is 18.1. The van der Waals surface area contributed by atoms with Gasteiger partial charge in [-0.25, -0.2) is 4.39 Å². The van der Waals surface area contributed by atoms with Crippen LogP contribution in [0.5, 0.6) is 0 Å². The van der Waals surface area contributed by atoms with Crippen LogP contribution in [0.15, 0.2) is 40.9 Å². The molecule has 128 valence electrons. The van der Waals surface area contributed by atoms with Crippen molar-refractivity contribution in [3.05, 3.63) is 67.7 Å². The summed E-state index contributed by atoms with van der Waals surface area (Å²) >= 11 is 8.30. The fraction of sp³-hybridized carbons (Fsp3) is 0.111. The molecule has 7 heteroatoms. The topological polar surface area (TPSA) is 55.1 Å². The van der Waals surface area contributed by atoms with Crippen LogP contribution in [0, 0.1) is 23.2 Å². The van der Waals surface area contributed by atoms with Crippen molar-refractivity contribution in [1.82, 2.24) is 5.16 Å². The van der Waals surface area contributed by atoms with E-state index >= 15 is 0 Å². The van der Waals surface area contributed by atoms with Crippen LogP contribution in [0.1, 0.15) is 21.7 Å². The van der Waals surface area contributed by atoms with E-state index < -0.39 is 11.7 Å². The third-order valence-electron chi connectivity index (χ3n) is 3.73. The Labute approximate surface area is 162 Å². The van der Waals surface area contributed by atoms with Gasteiger partial charge in [0.2, 0.25) is 0 Å². The van der Waals surface area contributed by atoms with Crippen molar-refractivity contribution in [2.24, 2.45) is 0 Å². The Kier molecular flexibility index (Phi) is 5.10. The SMILES string of the molecule is Cc1cc(I)ccc1NC(=O)c1c(-c2c(F)cccc2Cl)noc1C. The van der Waals surface area contributed by atoms with Gasteiger partial charge in [0.25, 0.3) is 5.91 Å². The van der Waals surface area contributed by atoms with Crippen molar-refractivity contribution in [2.75, 3.05) is 5.32 Å². The molecule has 0 unspecified atom stereocenters. The molecular formula is C18H13ClFIN2O2. The van der Waals surface area contributed by atoms with Gasteiger partial charge in [0.1, 0.15) is 22.8 Å². The number of hydrogen-bond donors (Lipinski definition) is 1. The molecule has 1 amide bonds. The maximum atomic E-state index is 14.2. The van der Waals surface area contributed by atoms with Gasteiger partial charge in [-0.05, 0) is 72.3 Å². The predicted octanol–water partition coefficient (Wildman–Crippen LogP) is 5.61. The zero-order valence-corrected chi connectivity index (χ0v) is 16.3. The lowest BCUT2D eigenvalue weighted by Crippen LogP contribution is -2.14. The summed E-state index contributed by atoms with van der Waals surface area (Å²) in [5, 5.41) is 6.83. The van der Waals surface area contributed by atoms with Gasteiger partial charge in [-0.2, -0.15) is 0 Å². The molecule has 0 bridgehead atoms. The molecule has 0 fully saturated rings. The molecule has 0 atom stereocenters. The lowest BCUT2D eigenvalue weighted by Gasteiger charge is -2.10. The molecule has 4 nitrogen and oxygen atoms in total. The second kappa shape index (κ2) is 7.13. The molecule has 0 saturated heterocycles. The van der Waals surface area contributed by atoms with Crippen LogP contribution in [0.4, 0.5) is 10.1 Å². The maximum absolute atomic E-state index is 14.2. The van der Waals surface area contributed by atoms with Gasteiger partial charge >= 0.3 is 0 Å². The molecule has 3 aromatic rings. The first-order chi connectivity index (χ1) is 11.9. The largest absolute Gasteiger partial charge is 0.360 e. The Morgan fingerprint density at radius 3 is 2.72 bits per heavy atom. The van der Waals surface area contributed by atoms with Gasteiger partial charge in [-0.15, -0.1) is 0 Å². The van der Waals surface area contributed by atoms with E-state index in [1.807, 2.05) is 25.1 Å². The zero-order valence-electron chi connectivity index (χ0n) is 13.4. The summed E-state index contributed by atoms with van der Waals surface area (Å²) in [5.41, 5.74) is 1.87. The smallest absolute Gasteiger partial charge is 0.261 e. The number of rotatable bonds is 3. The van der Waals surface area contributed by atoms with Gasteiger partial charge in [-0.1, -0.05) is 22.8 Å². The molecule has 0 radical (unpaired) electrons. The van der Waals surface area contributed by atoms with Crippen molar-refractivity contribution >= 4 is 45.8 Å². The minimum absolute atomic E-state index is 0.0468. The number of anilines is 1. The highest BCUT2D eigenvalue weighted by molar-refractivity contribution is 14.1. The van der Waals surface area contributed by atoms with E-state index in [-0.39, 0.29) is 27.6 Å². The van der Waals surface area contributed by atoms with Crippen LogP contribution < -0.4 is 5.32 Å². The summed E-state index contributed by atoms with van der Waals surface area (Å²) in [5.74, 6) is -0.715. The summed E-state index contributed by atoms with van der Waals surface area (Å²) in [7, 11) is 0. The molecule has 3 rings (SSSR count). The molecule has 1 heterocycles. The van der Waals surface area contributed by atoms with Crippen LogP contribution in [0.25, 0.3) is 11.3 Å². The van der Waals surface area contributed by atoms with Gasteiger partial charge in [-0.3, -0.25) is 4.79 Å². The molecule has 0 aliphatic heterocycles. The standard InChI is InChI=1S/C18H13ClFIN2O2/c1-9-8-11(21)6-7-14(9)22-18(24)15-10(2)25-23-17(15)16-12(19)4-3-5-13(16)20/h3-8H,1-2H3,(H,22,24). The lowest BCUT2D eigenvalue weighted by atomic mass is 10.0. The van der Waals surface area contributed by atoms with Gasteiger partial charge < -0.3 is 9.84 Å². The average molecular weight is 471 g/mol. The van der Waals surface area contributed by atoms with E-state index in [1.54, 1.807) is 6.92 Å². The van der Waals surface area contributed by atoms with Crippen LogP contribution in [0.3, 0.4) is 0 Å². The maximum Gasteiger partial charge on any atom is 0.261 e. The number of hydrogen-bond acceptors (Lipinski definition) is 3. The number of amides is 1. The Morgan fingerprint density at radius 2 is 2.04 bits per heavy atom. The summed E-state index contributed by atoms with van der Waals surface area (Å²) in [4.78, 5) is 12.8. The first-order valence-electron chi connectivity index (χ1n) is 7.36. The Hall–Kier alpha value is -1.93. The minimum Gasteiger partial charge on any atom is -0.360 e.